The Bertz CT molecular complexity index is 450. The van der Waals surface area contributed by atoms with Gasteiger partial charge in [-0.2, -0.15) is 0 Å². The zero-order chi connectivity index (χ0) is 13.8. The maximum atomic E-state index is 11.7. The summed E-state index contributed by atoms with van der Waals surface area (Å²) in [5.41, 5.74) is 1.09. The zero-order valence-electron chi connectivity index (χ0n) is 11.2. The topological polar surface area (TPSA) is 51.5 Å². The Hall–Kier alpha value is -0.810. The van der Waals surface area contributed by atoms with E-state index in [0.717, 1.165) is 11.1 Å². The van der Waals surface area contributed by atoms with Crippen LogP contribution in [0.5, 0.6) is 0 Å². The molecule has 4 nitrogen and oxygen atoms in total. The number of hydrogen-bond donors (Lipinski definition) is 1. The molecule has 0 spiro atoms. The van der Waals surface area contributed by atoms with E-state index in [1.807, 2.05) is 4.57 Å². The average Bonchev–Trinajstić information content (AvgIpc) is 2.76. The van der Waals surface area contributed by atoms with Crippen LogP contribution in [0.1, 0.15) is 48.2 Å². The van der Waals surface area contributed by atoms with Gasteiger partial charge in [0.25, 0.3) is 0 Å². The number of methoxy groups -OCH3 is 1. The molecule has 1 aliphatic carbocycles. The highest BCUT2D eigenvalue weighted by molar-refractivity contribution is 9.10. The van der Waals surface area contributed by atoms with Crippen molar-refractivity contribution in [1.29, 1.82) is 0 Å². The normalized spacial score (nSPS) is 16.6. The van der Waals surface area contributed by atoms with Gasteiger partial charge in [0.2, 0.25) is 0 Å². The lowest BCUT2D eigenvalue weighted by molar-refractivity contribution is 0.0596. The summed E-state index contributed by atoms with van der Waals surface area (Å²) in [5, 5.41) is 9.54. The maximum Gasteiger partial charge on any atom is 0.339 e. The molecule has 1 N–H and O–H groups in total. The third-order valence-electron chi connectivity index (χ3n) is 3.88. The minimum Gasteiger partial charge on any atom is -0.465 e. The van der Waals surface area contributed by atoms with Gasteiger partial charge in [-0.05, 0) is 40.8 Å². The van der Waals surface area contributed by atoms with E-state index in [2.05, 4.69) is 15.9 Å². The highest BCUT2D eigenvalue weighted by Crippen LogP contribution is 2.29. The van der Waals surface area contributed by atoms with E-state index in [9.17, 15) is 9.90 Å². The summed E-state index contributed by atoms with van der Waals surface area (Å²) in [6.45, 7) is 0.705. The highest BCUT2D eigenvalue weighted by Gasteiger charge is 2.22. The molecule has 106 valence electrons. The minimum absolute atomic E-state index is 0.150. The molecule has 0 radical (unpaired) electrons. The van der Waals surface area contributed by atoms with Crippen molar-refractivity contribution in [3.8, 4) is 0 Å². The molecule has 0 bridgehead atoms. The predicted molar refractivity (Wildman–Crippen MR) is 76.0 cm³/mol. The first-order valence-electron chi connectivity index (χ1n) is 6.74. The maximum absolute atomic E-state index is 11.7. The van der Waals surface area contributed by atoms with E-state index in [1.54, 1.807) is 6.07 Å². The first-order valence-corrected chi connectivity index (χ1v) is 7.53. The van der Waals surface area contributed by atoms with Crippen molar-refractivity contribution in [2.45, 2.75) is 45.3 Å². The minimum atomic E-state index is -0.396. The standard InChI is InChI=1S/C14H20BrNO3/c1-19-14(18)11-7-13(15)16(12(11)9-17)8-10-5-3-2-4-6-10/h7,10,17H,2-6,8-9H2,1H3. The molecule has 0 saturated heterocycles. The molecule has 0 aromatic carbocycles. The molecule has 0 atom stereocenters. The molecule has 0 aliphatic heterocycles. The van der Waals surface area contributed by atoms with Gasteiger partial charge in [0.05, 0.1) is 29.6 Å². The van der Waals surface area contributed by atoms with Crippen LogP contribution in [-0.2, 0) is 17.9 Å². The van der Waals surface area contributed by atoms with Crippen LogP contribution in [0.25, 0.3) is 0 Å². The summed E-state index contributed by atoms with van der Waals surface area (Å²) in [6, 6.07) is 1.74. The predicted octanol–water partition coefficient (Wildman–Crippen LogP) is 3.11. The van der Waals surface area contributed by atoms with Crippen LogP contribution in [0.2, 0.25) is 0 Å². The number of nitrogens with zero attached hydrogens (tertiary/aromatic N) is 1. The van der Waals surface area contributed by atoms with Gasteiger partial charge < -0.3 is 14.4 Å². The van der Waals surface area contributed by atoms with Crippen molar-refractivity contribution >= 4 is 21.9 Å². The van der Waals surface area contributed by atoms with Crippen molar-refractivity contribution in [2.75, 3.05) is 7.11 Å². The Morgan fingerprint density at radius 2 is 2.16 bits per heavy atom. The number of aromatic nitrogens is 1. The van der Waals surface area contributed by atoms with E-state index >= 15 is 0 Å². The number of halogens is 1. The number of rotatable bonds is 4. The molecule has 1 saturated carbocycles. The van der Waals surface area contributed by atoms with Crippen LogP contribution >= 0.6 is 15.9 Å². The van der Waals surface area contributed by atoms with Gasteiger partial charge >= 0.3 is 5.97 Å². The molecule has 1 fully saturated rings. The van der Waals surface area contributed by atoms with Crippen LogP contribution in [0.4, 0.5) is 0 Å². The van der Waals surface area contributed by atoms with Crippen molar-refractivity contribution in [3.63, 3.8) is 0 Å². The quantitative estimate of drug-likeness (QED) is 0.863. The molecule has 1 aliphatic rings. The lowest BCUT2D eigenvalue weighted by atomic mass is 9.89. The van der Waals surface area contributed by atoms with Crippen LogP contribution in [0.3, 0.4) is 0 Å². The second-order valence-corrected chi connectivity index (χ2v) is 5.90. The lowest BCUT2D eigenvalue weighted by Crippen LogP contribution is -2.17. The highest BCUT2D eigenvalue weighted by atomic mass is 79.9. The molecular weight excluding hydrogens is 310 g/mol. The van der Waals surface area contributed by atoms with Crippen molar-refractivity contribution < 1.29 is 14.6 Å². The average molecular weight is 330 g/mol. The number of ether oxygens (including phenoxy) is 1. The van der Waals surface area contributed by atoms with Gasteiger partial charge in [-0.25, -0.2) is 4.79 Å². The Kier molecular flexibility index (Phi) is 5.05. The van der Waals surface area contributed by atoms with Gasteiger partial charge in [-0.3, -0.25) is 0 Å². The summed E-state index contributed by atoms with van der Waals surface area (Å²) < 4.78 is 7.59. The Balaban J connectivity index is 2.23. The van der Waals surface area contributed by atoms with Crippen LogP contribution in [0, 0.1) is 5.92 Å². The van der Waals surface area contributed by atoms with Gasteiger partial charge in [0, 0.05) is 6.54 Å². The van der Waals surface area contributed by atoms with E-state index in [1.165, 1.54) is 39.2 Å². The van der Waals surface area contributed by atoms with Gasteiger partial charge in [-0.1, -0.05) is 19.3 Å². The molecule has 5 heteroatoms. The third kappa shape index (κ3) is 3.20. The summed E-state index contributed by atoms with van der Waals surface area (Å²) in [4.78, 5) is 11.7. The molecule has 0 amide bonds. The summed E-state index contributed by atoms with van der Waals surface area (Å²) in [6.07, 6.45) is 6.33. The van der Waals surface area contributed by atoms with E-state index in [0.29, 0.717) is 17.2 Å². The van der Waals surface area contributed by atoms with Crippen molar-refractivity contribution in [1.82, 2.24) is 4.57 Å². The SMILES string of the molecule is COC(=O)c1cc(Br)n(CC2CCCCC2)c1CO. The van der Waals surface area contributed by atoms with Crippen molar-refractivity contribution in [2.24, 2.45) is 5.92 Å². The van der Waals surface area contributed by atoms with E-state index in [4.69, 9.17) is 4.74 Å². The van der Waals surface area contributed by atoms with Crippen LogP contribution in [-0.4, -0.2) is 22.8 Å². The molecule has 1 aromatic rings. The number of carbonyl (C=O) groups is 1. The fourth-order valence-corrected chi connectivity index (χ4v) is 3.42. The largest absolute Gasteiger partial charge is 0.465 e. The molecule has 1 aromatic heterocycles. The Morgan fingerprint density at radius 1 is 1.47 bits per heavy atom. The monoisotopic (exact) mass is 329 g/mol. The Labute approximate surface area is 121 Å². The molecule has 0 unspecified atom stereocenters. The zero-order valence-corrected chi connectivity index (χ0v) is 12.8. The summed E-state index contributed by atoms with van der Waals surface area (Å²) >= 11 is 3.48. The number of aliphatic hydroxyl groups excluding tert-OH is 1. The second-order valence-electron chi connectivity index (χ2n) is 5.09. The van der Waals surface area contributed by atoms with Gasteiger partial charge in [0.15, 0.2) is 0 Å². The lowest BCUT2D eigenvalue weighted by Gasteiger charge is -2.23. The fraction of sp³-hybridized carbons (Fsp3) is 0.643. The first-order chi connectivity index (χ1) is 9.17. The number of esters is 1. The molecule has 19 heavy (non-hydrogen) atoms. The van der Waals surface area contributed by atoms with E-state index < -0.39 is 5.97 Å². The second kappa shape index (κ2) is 6.57. The molecular formula is C14H20BrNO3. The van der Waals surface area contributed by atoms with Crippen LogP contribution in [0.15, 0.2) is 10.7 Å². The first kappa shape index (κ1) is 14.6. The van der Waals surface area contributed by atoms with E-state index in [-0.39, 0.29) is 6.61 Å². The van der Waals surface area contributed by atoms with Gasteiger partial charge in [-0.15, -0.1) is 0 Å². The molecule has 2 rings (SSSR count). The molecule has 1 heterocycles. The Morgan fingerprint density at radius 3 is 2.74 bits per heavy atom. The van der Waals surface area contributed by atoms with Gasteiger partial charge in [0.1, 0.15) is 0 Å². The summed E-state index contributed by atoms with van der Waals surface area (Å²) in [7, 11) is 1.36. The number of aliphatic hydroxyl groups is 1. The number of carbonyl (C=O) groups excluding carboxylic acids is 1. The smallest absolute Gasteiger partial charge is 0.339 e. The number of hydrogen-bond acceptors (Lipinski definition) is 3. The third-order valence-corrected chi connectivity index (χ3v) is 4.54. The van der Waals surface area contributed by atoms with Crippen molar-refractivity contribution in [3.05, 3.63) is 21.9 Å². The summed E-state index contributed by atoms with van der Waals surface area (Å²) in [5.74, 6) is 0.236. The van der Waals surface area contributed by atoms with Crippen LogP contribution < -0.4 is 0 Å². The fourth-order valence-electron chi connectivity index (χ4n) is 2.84.